The van der Waals surface area contributed by atoms with E-state index in [0.717, 1.165) is 0 Å². The number of morpholine rings is 1. The number of nitrogens with zero attached hydrogens (tertiary/aromatic N) is 1. The van der Waals surface area contributed by atoms with Crippen LogP contribution in [-0.4, -0.2) is 57.0 Å². The van der Waals surface area contributed by atoms with Gasteiger partial charge in [0.25, 0.3) is 0 Å². The van der Waals surface area contributed by atoms with Gasteiger partial charge in [-0.05, 0) is 5.41 Å². The molecule has 17 heavy (non-hydrogen) atoms. The molecule has 0 saturated carbocycles. The van der Waals surface area contributed by atoms with Crippen LogP contribution in [-0.2, 0) is 19.5 Å². The van der Waals surface area contributed by atoms with E-state index in [1.807, 2.05) is 0 Å². The molecule has 2 heterocycles. The normalized spacial score (nSPS) is 29.0. The van der Waals surface area contributed by atoms with Crippen molar-refractivity contribution in [3.8, 4) is 0 Å². The SMILES string of the molecule is CC(C)(C)C1CN(S(=O)(=O)C2COC2)CCO1. The topological polar surface area (TPSA) is 55.8 Å². The quantitative estimate of drug-likeness (QED) is 0.726. The fourth-order valence-electron chi connectivity index (χ4n) is 1.98. The van der Waals surface area contributed by atoms with E-state index in [2.05, 4.69) is 20.8 Å². The maximum atomic E-state index is 12.2. The first-order chi connectivity index (χ1) is 7.82. The van der Waals surface area contributed by atoms with Gasteiger partial charge in [0.1, 0.15) is 5.25 Å². The summed E-state index contributed by atoms with van der Waals surface area (Å²) in [4.78, 5) is 0. The Morgan fingerprint density at radius 3 is 2.35 bits per heavy atom. The van der Waals surface area contributed by atoms with E-state index in [1.54, 1.807) is 4.31 Å². The van der Waals surface area contributed by atoms with Gasteiger partial charge in [0.2, 0.25) is 10.0 Å². The minimum atomic E-state index is -3.19. The molecule has 100 valence electrons. The molecule has 0 radical (unpaired) electrons. The van der Waals surface area contributed by atoms with Gasteiger partial charge in [-0.1, -0.05) is 20.8 Å². The Kier molecular flexibility index (Phi) is 3.51. The molecular formula is C11H21NO4S. The summed E-state index contributed by atoms with van der Waals surface area (Å²) in [6.45, 7) is 8.28. The molecule has 0 amide bonds. The van der Waals surface area contributed by atoms with E-state index < -0.39 is 10.0 Å². The van der Waals surface area contributed by atoms with Crippen molar-refractivity contribution < 1.29 is 17.9 Å². The molecule has 0 spiro atoms. The van der Waals surface area contributed by atoms with Crippen LogP contribution >= 0.6 is 0 Å². The molecule has 0 aliphatic carbocycles. The Bertz CT molecular complexity index is 369. The molecule has 6 heteroatoms. The molecule has 0 aromatic carbocycles. The predicted octanol–water partition coefficient (Wildman–Crippen LogP) is 0.462. The van der Waals surface area contributed by atoms with Crippen molar-refractivity contribution in [2.24, 2.45) is 5.41 Å². The Morgan fingerprint density at radius 1 is 1.24 bits per heavy atom. The minimum Gasteiger partial charge on any atom is -0.378 e. The lowest BCUT2D eigenvalue weighted by Crippen LogP contribution is -2.55. The number of rotatable bonds is 2. The Morgan fingerprint density at radius 2 is 1.88 bits per heavy atom. The lowest BCUT2D eigenvalue weighted by Gasteiger charge is -2.41. The van der Waals surface area contributed by atoms with Gasteiger partial charge in [0.05, 0.1) is 25.9 Å². The zero-order chi connectivity index (χ0) is 12.7. The third-order valence-electron chi connectivity index (χ3n) is 3.38. The van der Waals surface area contributed by atoms with Crippen molar-refractivity contribution in [1.29, 1.82) is 0 Å². The third kappa shape index (κ3) is 2.65. The van der Waals surface area contributed by atoms with Crippen molar-refractivity contribution in [2.45, 2.75) is 32.1 Å². The van der Waals surface area contributed by atoms with E-state index >= 15 is 0 Å². The zero-order valence-corrected chi connectivity index (χ0v) is 11.5. The average molecular weight is 263 g/mol. The van der Waals surface area contributed by atoms with Crippen LogP contribution < -0.4 is 0 Å². The van der Waals surface area contributed by atoms with E-state index in [0.29, 0.717) is 32.9 Å². The molecule has 0 bridgehead atoms. The first kappa shape index (κ1) is 13.3. The highest BCUT2D eigenvalue weighted by atomic mass is 32.2. The van der Waals surface area contributed by atoms with Gasteiger partial charge in [-0.25, -0.2) is 8.42 Å². The van der Waals surface area contributed by atoms with Crippen LogP contribution in [0.15, 0.2) is 0 Å². The van der Waals surface area contributed by atoms with Crippen LogP contribution in [0.5, 0.6) is 0 Å². The summed E-state index contributed by atoms with van der Waals surface area (Å²) in [7, 11) is -3.19. The van der Waals surface area contributed by atoms with Crippen LogP contribution in [0.25, 0.3) is 0 Å². The Labute approximate surface area is 103 Å². The average Bonchev–Trinajstić information content (AvgIpc) is 2.13. The number of hydrogen-bond acceptors (Lipinski definition) is 4. The lowest BCUT2D eigenvalue weighted by atomic mass is 9.88. The van der Waals surface area contributed by atoms with Gasteiger partial charge >= 0.3 is 0 Å². The number of sulfonamides is 1. The van der Waals surface area contributed by atoms with Crippen LogP contribution in [0.2, 0.25) is 0 Å². The Hall–Kier alpha value is -0.170. The van der Waals surface area contributed by atoms with Crippen LogP contribution in [0.4, 0.5) is 0 Å². The second-order valence-electron chi connectivity index (χ2n) is 5.79. The van der Waals surface area contributed by atoms with Gasteiger partial charge in [-0.15, -0.1) is 0 Å². The summed E-state index contributed by atoms with van der Waals surface area (Å²) in [5.74, 6) is 0. The fourth-order valence-corrected chi connectivity index (χ4v) is 3.61. The minimum absolute atomic E-state index is 0.0352. The van der Waals surface area contributed by atoms with E-state index in [9.17, 15) is 8.42 Å². The number of hydrogen-bond donors (Lipinski definition) is 0. The zero-order valence-electron chi connectivity index (χ0n) is 10.7. The molecule has 2 saturated heterocycles. The van der Waals surface area contributed by atoms with Crippen LogP contribution in [0.1, 0.15) is 20.8 Å². The highest BCUT2D eigenvalue weighted by molar-refractivity contribution is 7.89. The molecule has 5 nitrogen and oxygen atoms in total. The van der Waals surface area contributed by atoms with Crippen LogP contribution in [0, 0.1) is 5.41 Å². The Balaban J connectivity index is 2.07. The second kappa shape index (κ2) is 4.50. The second-order valence-corrected chi connectivity index (χ2v) is 8.00. The lowest BCUT2D eigenvalue weighted by molar-refractivity contribution is -0.0605. The molecule has 2 fully saturated rings. The summed E-state index contributed by atoms with van der Waals surface area (Å²) in [5, 5.41) is -0.346. The molecule has 0 aromatic heterocycles. The largest absolute Gasteiger partial charge is 0.378 e. The maximum Gasteiger partial charge on any atom is 0.221 e. The van der Waals surface area contributed by atoms with Crippen molar-refractivity contribution >= 4 is 10.0 Å². The van der Waals surface area contributed by atoms with Crippen molar-refractivity contribution in [2.75, 3.05) is 32.9 Å². The van der Waals surface area contributed by atoms with Crippen LogP contribution in [0.3, 0.4) is 0 Å². The summed E-state index contributed by atoms with van der Waals surface area (Å²) < 4.78 is 36.7. The first-order valence-electron chi connectivity index (χ1n) is 6.00. The van der Waals surface area contributed by atoms with Crippen molar-refractivity contribution in [1.82, 2.24) is 4.31 Å². The summed E-state index contributed by atoms with van der Waals surface area (Å²) in [5.41, 5.74) is -0.0374. The van der Waals surface area contributed by atoms with Gasteiger partial charge in [-0.2, -0.15) is 4.31 Å². The van der Waals surface area contributed by atoms with Gasteiger partial charge in [-0.3, -0.25) is 0 Å². The third-order valence-corrected chi connectivity index (χ3v) is 5.55. The molecule has 1 atom stereocenters. The van der Waals surface area contributed by atoms with Gasteiger partial charge < -0.3 is 9.47 Å². The van der Waals surface area contributed by atoms with Gasteiger partial charge in [0, 0.05) is 13.1 Å². The highest BCUT2D eigenvalue weighted by Gasteiger charge is 2.41. The van der Waals surface area contributed by atoms with Gasteiger partial charge in [0.15, 0.2) is 0 Å². The molecular weight excluding hydrogens is 242 g/mol. The summed E-state index contributed by atoms with van der Waals surface area (Å²) >= 11 is 0. The monoisotopic (exact) mass is 263 g/mol. The standard InChI is InChI=1S/C11H21NO4S/c1-11(2,3)10-6-12(4-5-16-10)17(13,14)9-7-15-8-9/h9-10H,4-8H2,1-3H3. The fraction of sp³-hybridized carbons (Fsp3) is 1.00. The van der Waals surface area contributed by atoms with E-state index in [4.69, 9.17) is 9.47 Å². The van der Waals surface area contributed by atoms with Crippen molar-refractivity contribution in [3.05, 3.63) is 0 Å². The first-order valence-corrected chi connectivity index (χ1v) is 7.50. The maximum absolute atomic E-state index is 12.2. The molecule has 2 aliphatic heterocycles. The highest BCUT2D eigenvalue weighted by Crippen LogP contribution is 2.28. The molecule has 0 N–H and O–H groups in total. The summed E-state index contributed by atoms with van der Waals surface area (Å²) in [6.07, 6.45) is -0.0352. The summed E-state index contributed by atoms with van der Waals surface area (Å²) in [6, 6.07) is 0. The predicted molar refractivity (Wildman–Crippen MR) is 64.3 cm³/mol. The molecule has 1 unspecified atom stereocenters. The number of ether oxygens (including phenoxy) is 2. The van der Waals surface area contributed by atoms with E-state index in [1.165, 1.54) is 0 Å². The molecule has 2 aliphatic rings. The van der Waals surface area contributed by atoms with Crippen molar-refractivity contribution in [3.63, 3.8) is 0 Å². The smallest absolute Gasteiger partial charge is 0.221 e. The molecule has 2 rings (SSSR count). The molecule has 0 aromatic rings. The van der Waals surface area contributed by atoms with E-state index in [-0.39, 0.29) is 16.8 Å².